The van der Waals surface area contributed by atoms with Crippen LogP contribution in [0.5, 0.6) is 0 Å². The first kappa shape index (κ1) is 61.4. The zero-order valence-corrected chi connectivity index (χ0v) is 43.4. The smallest absolute Gasteiger partial charge is 0.306 e. The molecule has 0 heterocycles. The number of rotatable bonds is 50. The van der Waals surface area contributed by atoms with E-state index in [0.29, 0.717) is 19.3 Å². The van der Waals surface area contributed by atoms with Crippen LogP contribution in [0.2, 0.25) is 0 Å². The Morgan fingerprint density at radius 1 is 0.317 bits per heavy atom. The Labute approximate surface area is 393 Å². The predicted octanol–water partition coefficient (Wildman–Crippen LogP) is 18.3. The topological polar surface area (TPSA) is 78.9 Å². The van der Waals surface area contributed by atoms with Gasteiger partial charge < -0.3 is 14.2 Å². The minimum atomic E-state index is -0.763. The van der Waals surface area contributed by atoms with Crippen LogP contribution in [0.15, 0.2) is 0 Å². The van der Waals surface area contributed by atoms with Gasteiger partial charge in [-0.2, -0.15) is 0 Å². The number of hydrogen-bond acceptors (Lipinski definition) is 6. The van der Waals surface area contributed by atoms with E-state index in [-0.39, 0.29) is 31.1 Å². The monoisotopic (exact) mass is 891 g/mol. The Kier molecular flexibility index (Phi) is 47.1. The summed E-state index contributed by atoms with van der Waals surface area (Å²) in [5, 5.41) is 0. The van der Waals surface area contributed by atoms with Gasteiger partial charge in [-0.05, 0) is 37.0 Å². The van der Waals surface area contributed by atoms with Crippen LogP contribution in [-0.4, -0.2) is 37.2 Å². The fourth-order valence-electron chi connectivity index (χ4n) is 8.61. The summed E-state index contributed by atoms with van der Waals surface area (Å²) in [6, 6.07) is 0. The van der Waals surface area contributed by atoms with Gasteiger partial charge in [0.25, 0.3) is 0 Å². The van der Waals surface area contributed by atoms with Crippen molar-refractivity contribution in [2.45, 2.75) is 317 Å². The largest absolute Gasteiger partial charge is 0.462 e. The number of esters is 3. The average Bonchev–Trinajstić information content (AvgIpc) is 3.25. The van der Waals surface area contributed by atoms with Crippen molar-refractivity contribution >= 4 is 17.9 Å². The molecule has 0 aliphatic carbocycles. The van der Waals surface area contributed by atoms with E-state index in [1.807, 2.05) is 0 Å². The summed E-state index contributed by atoms with van der Waals surface area (Å²) in [6.07, 6.45) is 49.4. The van der Waals surface area contributed by atoms with Gasteiger partial charge in [-0.15, -0.1) is 0 Å². The second-order valence-electron chi connectivity index (χ2n) is 20.8. The van der Waals surface area contributed by atoms with E-state index in [9.17, 15) is 14.4 Å². The second-order valence-corrected chi connectivity index (χ2v) is 20.8. The maximum atomic E-state index is 12.8. The Bertz CT molecular complexity index is 978. The molecular weight excluding hydrogens is 781 g/mol. The third-order valence-corrected chi connectivity index (χ3v) is 13.3. The number of ether oxygens (including phenoxy) is 3. The van der Waals surface area contributed by atoms with E-state index < -0.39 is 6.10 Å². The molecule has 63 heavy (non-hydrogen) atoms. The van der Waals surface area contributed by atoms with E-state index in [4.69, 9.17) is 14.2 Å². The quantitative estimate of drug-likeness (QED) is 0.0344. The zero-order chi connectivity index (χ0) is 46.3. The minimum Gasteiger partial charge on any atom is -0.462 e. The van der Waals surface area contributed by atoms with Gasteiger partial charge in [0.2, 0.25) is 0 Å². The van der Waals surface area contributed by atoms with E-state index in [1.165, 1.54) is 193 Å². The van der Waals surface area contributed by atoms with Crippen LogP contribution in [-0.2, 0) is 28.6 Å². The summed E-state index contributed by atoms with van der Waals surface area (Å²) < 4.78 is 16.9. The molecule has 0 aromatic rings. The number of hydrogen-bond donors (Lipinski definition) is 0. The highest BCUT2D eigenvalue weighted by Crippen LogP contribution is 2.18. The third kappa shape index (κ3) is 49.7. The van der Waals surface area contributed by atoms with Crippen LogP contribution in [0.25, 0.3) is 0 Å². The van der Waals surface area contributed by atoms with E-state index >= 15 is 0 Å². The summed E-state index contributed by atoms with van der Waals surface area (Å²) >= 11 is 0. The molecule has 0 rings (SSSR count). The lowest BCUT2D eigenvalue weighted by Crippen LogP contribution is -2.30. The van der Waals surface area contributed by atoms with Crippen LogP contribution in [0.1, 0.15) is 311 Å². The molecule has 0 aromatic heterocycles. The van der Waals surface area contributed by atoms with Crippen LogP contribution in [0.3, 0.4) is 0 Å². The van der Waals surface area contributed by atoms with Crippen molar-refractivity contribution in [3.63, 3.8) is 0 Å². The highest BCUT2D eigenvalue weighted by atomic mass is 16.6. The van der Waals surface area contributed by atoms with Crippen molar-refractivity contribution in [1.82, 2.24) is 0 Å². The average molecular weight is 892 g/mol. The van der Waals surface area contributed by atoms with Crippen molar-refractivity contribution in [1.29, 1.82) is 0 Å². The summed E-state index contributed by atoms with van der Waals surface area (Å²) in [7, 11) is 0. The predicted molar refractivity (Wildman–Crippen MR) is 270 cm³/mol. The molecule has 0 N–H and O–H groups in total. The Hall–Kier alpha value is -1.59. The van der Waals surface area contributed by atoms with Crippen molar-refractivity contribution in [3.05, 3.63) is 0 Å². The maximum Gasteiger partial charge on any atom is 0.306 e. The summed E-state index contributed by atoms with van der Waals surface area (Å²) in [6.45, 7) is 13.8. The van der Waals surface area contributed by atoms with Gasteiger partial charge in [-0.25, -0.2) is 0 Å². The van der Waals surface area contributed by atoms with Crippen LogP contribution in [0.4, 0.5) is 0 Å². The van der Waals surface area contributed by atoms with Gasteiger partial charge in [-0.1, -0.05) is 273 Å². The Balaban J connectivity index is 4.31. The number of unbranched alkanes of at least 4 members (excludes halogenated alkanes) is 32. The molecule has 0 fully saturated rings. The highest BCUT2D eigenvalue weighted by Gasteiger charge is 2.19. The minimum absolute atomic E-state index is 0.0639. The second kappa shape index (κ2) is 48.3. The molecule has 1 unspecified atom stereocenters. The highest BCUT2D eigenvalue weighted by molar-refractivity contribution is 5.71. The van der Waals surface area contributed by atoms with Crippen molar-refractivity contribution in [2.24, 2.45) is 17.8 Å². The lowest BCUT2D eigenvalue weighted by atomic mass is 9.99. The Morgan fingerprint density at radius 3 is 0.825 bits per heavy atom. The molecule has 0 saturated carbocycles. The van der Waals surface area contributed by atoms with E-state index in [1.54, 1.807) is 0 Å². The van der Waals surface area contributed by atoms with Crippen LogP contribution < -0.4 is 0 Å². The number of carbonyl (C=O) groups excluding carboxylic acids is 3. The molecule has 2 atom stereocenters. The lowest BCUT2D eigenvalue weighted by molar-refractivity contribution is -0.167. The van der Waals surface area contributed by atoms with E-state index in [0.717, 1.165) is 75.5 Å². The van der Waals surface area contributed by atoms with Gasteiger partial charge in [0, 0.05) is 19.3 Å². The molecule has 0 spiro atoms. The fraction of sp³-hybridized carbons (Fsp3) is 0.947. The van der Waals surface area contributed by atoms with Crippen LogP contribution >= 0.6 is 0 Å². The molecule has 0 radical (unpaired) electrons. The van der Waals surface area contributed by atoms with Gasteiger partial charge in [0.15, 0.2) is 6.10 Å². The number of carbonyl (C=O) groups is 3. The molecule has 0 aliphatic rings. The van der Waals surface area contributed by atoms with Gasteiger partial charge >= 0.3 is 17.9 Å². The SMILES string of the molecule is CCC(C)CCCCCCCCCCCCC(=O)OC[C@@H](COC(=O)CCCCCCCCCCCCCCCCC(C)C)OC(=O)CCCCCCCCCCCCCC(C)C. The molecule has 6 nitrogen and oxygen atoms in total. The van der Waals surface area contributed by atoms with Crippen molar-refractivity contribution < 1.29 is 28.6 Å². The first-order valence-electron chi connectivity index (χ1n) is 28.1. The molecular formula is C57H110O6. The summed E-state index contributed by atoms with van der Waals surface area (Å²) in [5.74, 6) is 1.69. The lowest BCUT2D eigenvalue weighted by Gasteiger charge is -2.18. The molecule has 374 valence electrons. The summed E-state index contributed by atoms with van der Waals surface area (Å²) in [5.41, 5.74) is 0. The van der Waals surface area contributed by atoms with Gasteiger partial charge in [0.1, 0.15) is 13.2 Å². The fourth-order valence-corrected chi connectivity index (χ4v) is 8.61. The van der Waals surface area contributed by atoms with Crippen LogP contribution in [0, 0.1) is 17.8 Å². The van der Waals surface area contributed by atoms with E-state index in [2.05, 4.69) is 41.5 Å². The normalized spacial score (nSPS) is 12.6. The first-order valence-corrected chi connectivity index (χ1v) is 28.1. The molecule has 6 heteroatoms. The third-order valence-electron chi connectivity index (χ3n) is 13.3. The molecule has 0 saturated heterocycles. The zero-order valence-electron chi connectivity index (χ0n) is 43.4. The molecule has 0 amide bonds. The standard InChI is InChI=1S/C57H110O6/c1-7-53(6)45-39-33-27-21-17-18-23-29-35-41-47-56(59)62-50-54(63-57(60)48-42-36-30-24-16-12-14-20-26-32-38-44-52(4)5)49-61-55(58)46-40-34-28-22-15-11-9-8-10-13-19-25-31-37-43-51(2)3/h51-54H,7-50H2,1-6H3/t53?,54-/m1/s1. The Morgan fingerprint density at radius 2 is 0.556 bits per heavy atom. The van der Waals surface area contributed by atoms with Crippen molar-refractivity contribution in [2.75, 3.05) is 13.2 Å². The maximum absolute atomic E-state index is 12.8. The van der Waals surface area contributed by atoms with Gasteiger partial charge in [0.05, 0.1) is 0 Å². The molecule has 0 aromatic carbocycles. The first-order chi connectivity index (χ1) is 30.6. The van der Waals surface area contributed by atoms with Crippen molar-refractivity contribution in [3.8, 4) is 0 Å². The molecule has 0 aliphatic heterocycles. The molecule has 0 bridgehead atoms. The summed E-state index contributed by atoms with van der Waals surface area (Å²) in [4.78, 5) is 38.1. The van der Waals surface area contributed by atoms with Gasteiger partial charge in [-0.3, -0.25) is 14.4 Å².